The van der Waals surface area contributed by atoms with E-state index in [1.54, 1.807) is 0 Å². The van der Waals surface area contributed by atoms with E-state index < -0.39 is 0 Å². The second-order valence-corrected chi connectivity index (χ2v) is 7.45. The molecule has 2 aromatic carbocycles. The number of anilines is 1. The summed E-state index contributed by atoms with van der Waals surface area (Å²) < 4.78 is 6.08. The SMILES string of the molecule is C[C@H]1C[C@@H](OCc2ccccc2)CN1C(=O)[C@H]1Cc2ccccc2N1C. The minimum absolute atomic E-state index is 0.0947. The number of nitrogens with zero attached hydrogens (tertiary/aromatic N) is 2. The smallest absolute Gasteiger partial charge is 0.245 e. The molecular weight excluding hydrogens is 324 g/mol. The lowest BCUT2D eigenvalue weighted by atomic mass is 10.1. The molecule has 1 fully saturated rings. The Bertz CT molecular complexity index is 777. The molecule has 1 saturated heterocycles. The van der Waals surface area contributed by atoms with Crippen LogP contribution >= 0.6 is 0 Å². The van der Waals surface area contributed by atoms with E-state index in [4.69, 9.17) is 4.74 Å². The average Bonchev–Trinajstić information content (AvgIpc) is 3.21. The molecule has 2 aliphatic rings. The highest BCUT2D eigenvalue weighted by atomic mass is 16.5. The lowest BCUT2D eigenvalue weighted by Gasteiger charge is -2.29. The third-order valence-corrected chi connectivity index (χ3v) is 5.69. The van der Waals surface area contributed by atoms with Crippen molar-refractivity contribution in [3.63, 3.8) is 0 Å². The van der Waals surface area contributed by atoms with Gasteiger partial charge in [0.15, 0.2) is 0 Å². The van der Waals surface area contributed by atoms with Crippen molar-refractivity contribution in [2.24, 2.45) is 0 Å². The molecule has 0 saturated carbocycles. The number of ether oxygens (including phenoxy) is 1. The highest BCUT2D eigenvalue weighted by molar-refractivity contribution is 5.88. The maximum Gasteiger partial charge on any atom is 0.245 e. The summed E-state index contributed by atoms with van der Waals surface area (Å²) in [5.41, 5.74) is 3.61. The fourth-order valence-electron chi connectivity index (χ4n) is 4.18. The zero-order chi connectivity index (χ0) is 18.1. The first kappa shape index (κ1) is 17.1. The standard InChI is InChI=1S/C22H26N2O2/c1-16-12-19(26-15-17-8-4-3-5-9-17)14-24(16)22(25)21-13-18-10-6-7-11-20(18)23(21)2/h3-11,16,19,21H,12-15H2,1-2H3/t16-,19+,21+/m0/s1. The van der Waals surface area contributed by atoms with Gasteiger partial charge in [-0.1, -0.05) is 48.5 Å². The fraction of sp³-hybridized carbons (Fsp3) is 0.409. The van der Waals surface area contributed by atoms with Gasteiger partial charge in [-0.05, 0) is 30.5 Å². The Morgan fingerprint density at radius 2 is 1.85 bits per heavy atom. The van der Waals surface area contributed by atoms with E-state index in [1.807, 2.05) is 42.3 Å². The van der Waals surface area contributed by atoms with Crippen molar-refractivity contribution in [2.45, 2.75) is 44.6 Å². The molecule has 0 N–H and O–H groups in total. The Morgan fingerprint density at radius 3 is 2.62 bits per heavy atom. The van der Waals surface area contributed by atoms with Crippen molar-refractivity contribution < 1.29 is 9.53 Å². The Kier molecular flexibility index (Phi) is 4.68. The molecule has 136 valence electrons. The van der Waals surface area contributed by atoms with Gasteiger partial charge < -0.3 is 14.5 Å². The molecule has 0 bridgehead atoms. The number of likely N-dealkylation sites (tertiary alicyclic amines) is 1. The fourth-order valence-corrected chi connectivity index (χ4v) is 4.18. The number of rotatable bonds is 4. The number of fused-ring (bicyclic) bond motifs is 1. The summed E-state index contributed by atoms with van der Waals surface area (Å²) in [7, 11) is 2.03. The van der Waals surface area contributed by atoms with Gasteiger partial charge in [-0.3, -0.25) is 4.79 Å². The molecule has 4 rings (SSSR count). The van der Waals surface area contributed by atoms with E-state index in [0.717, 1.165) is 12.8 Å². The van der Waals surface area contributed by atoms with Crippen LogP contribution in [0.1, 0.15) is 24.5 Å². The topological polar surface area (TPSA) is 32.8 Å². The quantitative estimate of drug-likeness (QED) is 0.849. The molecule has 0 aliphatic carbocycles. The van der Waals surface area contributed by atoms with Crippen molar-refractivity contribution >= 4 is 11.6 Å². The number of hydrogen-bond acceptors (Lipinski definition) is 3. The van der Waals surface area contributed by atoms with Gasteiger partial charge in [-0.25, -0.2) is 0 Å². The van der Waals surface area contributed by atoms with Crippen molar-refractivity contribution in [3.8, 4) is 0 Å². The first-order chi connectivity index (χ1) is 12.6. The molecule has 4 nitrogen and oxygen atoms in total. The number of hydrogen-bond donors (Lipinski definition) is 0. The van der Waals surface area contributed by atoms with Gasteiger partial charge in [-0.15, -0.1) is 0 Å². The van der Waals surface area contributed by atoms with Crippen molar-refractivity contribution in [1.29, 1.82) is 0 Å². The summed E-state index contributed by atoms with van der Waals surface area (Å²) in [5.74, 6) is 0.224. The van der Waals surface area contributed by atoms with Crippen LogP contribution < -0.4 is 4.90 Å². The second-order valence-electron chi connectivity index (χ2n) is 7.45. The third kappa shape index (κ3) is 3.21. The third-order valence-electron chi connectivity index (χ3n) is 5.69. The van der Waals surface area contributed by atoms with Gasteiger partial charge >= 0.3 is 0 Å². The molecule has 26 heavy (non-hydrogen) atoms. The highest BCUT2D eigenvalue weighted by Gasteiger charge is 2.40. The van der Waals surface area contributed by atoms with Gasteiger partial charge in [0.1, 0.15) is 6.04 Å². The van der Waals surface area contributed by atoms with Crippen LogP contribution in [0.5, 0.6) is 0 Å². The van der Waals surface area contributed by atoms with Crippen LogP contribution in [0.4, 0.5) is 5.69 Å². The molecule has 1 amide bonds. The van der Waals surface area contributed by atoms with Crippen LogP contribution in [0.2, 0.25) is 0 Å². The predicted octanol–water partition coefficient (Wildman–Crippen LogP) is 3.25. The van der Waals surface area contributed by atoms with Crippen LogP contribution in [0.3, 0.4) is 0 Å². The van der Waals surface area contributed by atoms with Crippen LogP contribution in [-0.4, -0.2) is 42.6 Å². The number of para-hydroxylation sites is 1. The van der Waals surface area contributed by atoms with Crippen LogP contribution in [0.15, 0.2) is 54.6 Å². The molecule has 0 spiro atoms. The molecule has 3 atom stereocenters. The first-order valence-corrected chi connectivity index (χ1v) is 9.40. The Morgan fingerprint density at radius 1 is 1.12 bits per heavy atom. The molecule has 2 heterocycles. The number of benzene rings is 2. The summed E-state index contributed by atoms with van der Waals surface area (Å²) in [6.45, 7) is 3.43. The molecule has 2 aliphatic heterocycles. The summed E-state index contributed by atoms with van der Waals surface area (Å²) in [5, 5.41) is 0. The molecule has 0 unspecified atom stereocenters. The van der Waals surface area contributed by atoms with Crippen molar-refractivity contribution in [2.75, 3.05) is 18.5 Å². The highest BCUT2D eigenvalue weighted by Crippen LogP contribution is 2.33. The van der Waals surface area contributed by atoms with E-state index in [0.29, 0.717) is 13.2 Å². The largest absolute Gasteiger partial charge is 0.372 e. The Balaban J connectivity index is 1.38. The van der Waals surface area contributed by atoms with Crippen molar-refractivity contribution in [1.82, 2.24) is 4.90 Å². The van der Waals surface area contributed by atoms with E-state index in [2.05, 4.69) is 36.1 Å². The van der Waals surface area contributed by atoms with Gasteiger partial charge in [0.25, 0.3) is 0 Å². The Labute approximate surface area is 155 Å². The van der Waals surface area contributed by atoms with Gasteiger partial charge in [0, 0.05) is 31.7 Å². The maximum atomic E-state index is 13.2. The van der Waals surface area contributed by atoms with E-state index in [9.17, 15) is 4.79 Å². The normalized spacial score (nSPS) is 24.8. The van der Waals surface area contributed by atoms with Crippen molar-refractivity contribution in [3.05, 3.63) is 65.7 Å². The van der Waals surface area contributed by atoms with E-state index >= 15 is 0 Å². The summed E-state index contributed by atoms with van der Waals surface area (Å²) in [4.78, 5) is 17.3. The number of carbonyl (C=O) groups is 1. The van der Waals surface area contributed by atoms with E-state index in [-0.39, 0.29) is 24.1 Å². The number of carbonyl (C=O) groups excluding carboxylic acids is 1. The van der Waals surface area contributed by atoms with Gasteiger partial charge in [0.2, 0.25) is 5.91 Å². The number of likely N-dealkylation sites (N-methyl/N-ethyl adjacent to an activating group) is 1. The van der Waals surface area contributed by atoms with Crippen LogP contribution in [-0.2, 0) is 22.6 Å². The zero-order valence-electron chi connectivity index (χ0n) is 15.5. The lowest BCUT2D eigenvalue weighted by molar-refractivity contribution is -0.133. The molecule has 0 radical (unpaired) electrons. The second kappa shape index (κ2) is 7.12. The van der Waals surface area contributed by atoms with Crippen LogP contribution in [0.25, 0.3) is 0 Å². The lowest BCUT2D eigenvalue weighted by Crippen LogP contribution is -2.47. The average molecular weight is 350 g/mol. The monoisotopic (exact) mass is 350 g/mol. The zero-order valence-corrected chi connectivity index (χ0v) is 15.5. The summed E-state index contributed by atoms with van der Waals surface area (Å²) >= 11 is 0. The van der Waals surface area contributed by atoms with Crippen LogP contribution in [0, 0.1) is 0 Å². The molecule has 2 aromatic rings. The molecule has 0 aromatic heterocycles. The minimum Gasteiger partial charge on any atom is -0.372 e. The Hall–Kier alpha value is -2.33. The van der Waals surface area contributed by atoms with Gasteiger partial charge in [-0.2, -0.15) is 0 Å². The van der Waals surface area contributed by atoms with Gasteiger partial charge in [0.05, 0.1) is 12.7 Å². The maximum absolute atomic E-state index is 13.2. The molecule has 4 heteroatoms. The molecular formula is C22H26N2O2. The minimum atomic E-state index is -0.0947. The first-order valence-electron chi connectivity index (χ1n) is 9.40. The van der Waals surface area contributed by atoms with E-state index in [1.165, 1.54) is 16.8 Å². The predicted molar refractivity (Wildman–Crippen MR) is 103 cm³/mol. The summed E-state index contributed by atoms with van der Waals surface area (Å²) in [6.07, 6.45) is 1.81. The number of amides is 1. The summed E-state index contributed by atoms with van der Waals surface area (Å²) in [6, 6.07) is 18.6.